The topological polar surface area (TPSA) is 144 Å². The lowest BCUT2D eigenvalue weighted by Gasteiger charge is -2.30. The maximum atomic E-state index is 15.7. The minimum Gasteiger partial charge on any atom is -0.382 e. The number of piperidine rings is 1. The molecule has 0 spiro atoms. The number of nitrogens with one attached hydrogen (secondary N) is 1. The van der Waals surface area contributed by atoms with Crippen molar-refractivity contribution in [1.82, 2.24) is 13.5 Å². The molecule has 0 radical (unpaired) electrons. The summed E-state index contributed by atoms with van der Waals surface area (Å²) < 4.78 is 57.2. The van der Waals surface area contributed by atoms with Crippen molar-refractivity contribution in [2.75, 3.05) is 31.7 Å². The lowest BCUT2D eigenvalue weighted by atomic mass is 9.94. The van der Waals surface area contributed by atoms with Crippen LogP contribution in [0.1, 0.15) is 40.5 Å². The van der Waals surface area contributed by atoms with E-state index in [4.69, 9.17) is 5.73 Å². The fraction of sp³-hybridized carbons (Fsp3) is 0.226. The molecule has 3 N–H and O–H groups in total. The van der Waals surface area contributed by atoms with Gasteiger partial charge in [0.25, 0.3) is 11.5 Å². The molecule has 2 aromatic carbocycles. The molecule has 1 amide bonds. The summed E-state index contributed by atoms with van der Waals surface area (Å²) in [5.74, 6) is -1.91. The fourth-order valence-electron chi connectivity index (χ4n) is 5.49. The molecular weight excluding hydrogens is 604 g/mol. The van der Waals surface area contributed by atoms with Crippen molar-refractivity contribution in [3.8, 4) is 16.8 Å². The van der Waals surface area contributed by atoms with E-state index < -0.39 is 33.1 Å². The molecule has 0 atom stereocenters. The molecule has 0 unspecified atom stereocenters. The van der Waals surface area contributed by atoms with Gasteiger partial charge >= 0.3 is 0 Å². The Morgan fingerprint density at radius 2 is 1.73 bits per heavy atom. The number of anilines is 1. The average molecular weight is 636 g/mol. The van der Waals surface area contributed by atoms with E-state index in [1.165, 1.54) is 81.6 Å². The van der Waals surface area contributed by atoms with Crippen LogP contribution in [0.3, 0.4) is 0 Å². The van der Waals surface area contributed by atoms with Crippen LogP contribution in [0.2, 0.25) is 0 Å². The van der Waals surface area contributed by atoms with Crippen LogP contribution in [0.15, 0.2) is 81.7 Å². The lowest BCUT2D eigenvalue weighted by molar-refractivity contribution is 0.102. The highest BCUT2D eigenvalue weighted by Crippen LogP contribution is 2.37. The monoisotopic (exact) mass is 635 g/mol. The van der Waals surface area contributed by atoms with Gasteiger partial charge in [-0.3, -0.25) is 19.1 Å². The van der Waals surface area contributed by atoms with Crippen molar-refractivity contribution in [2.24, 2.45) is 15.8 Å². The lowest BCUT2D eigenvalue weighted by Crippen LogP contribution is -2.37. The van der Waals surface area contributed by atoms with Crippen LogP contribution in [-0.2, 0) is 10.0 Å². The van der Waals surface area contributed by atoms with E-state index in [2.05, 4.69) is 22.1 Å². The number of amidine groups is 1. The van der Waals surface area contributed by atoms with Gasteiger partial charge in [0.05, 0.1) is 6.26 Å². The zero-order chi connectivity index (χ0) is 32.5. The van der Waals surface area contributed by atoms with Gasteiger partial charge in [-0.1, -0.05) is 0 Å². The molecule has 5 rings (SSSR count). The molecule has 2 aromatic heterocycles. The Kier molecular flexibility index (Phi) is 8.80. The smallest absolute Gasteiger partial charge is 0.267 e. The molecule has 0 aliphatic carbocycles. The second-order valence-corrected chi connectivity index (χ2v) is 12.5. The van der Waals surface area contributed by atoms with Crippen LogP contribution >= 0.6 is 0 Å². The highest BCUT2D eigenvalue weighted by Gasteiger charge is 2.31. The van der Waals surface area contributed by atoms with Gasteiger partial charge in [0.1, 0.15) is 28.7 Å². The van der Waals surface area contributed by atoms with E-state index in [0.29, 0.717) is 48.6 Å². The van der Waals surface area contributed by atoms with Gasteiger partial charge in [-0.2, -0.15) is 5.10 Å². The summed E-state index contributed by atoms with van der Waals surface area (Å²) in [7, 11) is -1.83. The number of rotatable bonds is 8. The van der Waals surface area contributed by atoms with Gasteiger partial charge in [0, 0.05) is 67.2 Å². The second kappa shape index (κ2) is 12.6. The third-order valence-corrected chi connectivity index (χ3v) is 9.09. The average Bonchev–Trinajstić information content (AvgIpc) is 3.40. The molecule has 1 saturated heterocycles. The molecule has 45 heavy (non-hydrogen) atoms. The SMILES string of the molecule is C=Nn1c(C2CCN(S(C)(=O)=O)CC2)cc(-c2ccc(NC(=O)c3cccn(-c4ccc(F)cc4)c3=O)cc2F)c1C(N)=NC. The number of nitrogens with zero attached hydrogens (tertiary/aromatic N) is 5. The Labute approximate surface area is 258 Å². The van der Waals surface area contributed by atoms with Crippen LogP contribution in [-0.4, -0.2) is 66.8 Å². The molecule has 3 heterocycles. The largest absolute Gasteiger partial charge is 0.382 e. The van der Waals surface area contributed by atoms with E-state index >= 15 is 4.39 Å². The molecule has 0 bridgehead atoms. The Morgan fingerprint density at radius 1 is 1.04 bits per heavy atom. The maximum absolute atomic E-state index is 15.7. The van der Waals surface area contributed by atoms with Gasteiger partial charge < -0.3 is 11.1 Å². The number of halogens is 2. The van der Waals surface area contributed by atoms with Gasteiger partial charge in [-0.05, 0) is 73.5 Å². The number of carbonyl (C=O) groups is 1. The summed E-state index contributed by atoms with van der Waals surface area (Å²) in [6.45, 7) is 4.32. The number of hydrogen-bond donors (Lipinski definition) is 2. The van der Waals surface area contributed by atoms with Crippen molar-refractivity contribution >= 4 is 34.2 Å². The third-order valence-electron chi connectivity index (χ3n) is 7.78. The first-order valence-corrected chi connectivity index (χ1v) is 15.8. The molecule has 1 aliphatic rings. The Balaban J connectivity index is 1.45. The van der Waals surface area contributed by atoms with Crippen LogP contribution in [0.25, 0.3) is 16.8 Å². The van der Waals surface area contributed by atoms with Crippen molar-refractivity contribution in [3.63, 3.8) is 0 Å². The zero-order valence-electron chi connectivity index (χ0n) is 24.6. The van der Waals surface area contributed by atoms with Crippen molar-refractivity contribution < 1.29 is 22.0 Å². The highest BCUT2D eigenvalue weighted by molar-refractivity contribution is 7.88. The normalized spacial score (nSPS) is 14.8. The minimum atomic E-state index is -3.32. The predicted octanol–water partition coefficient (Wildman–Crippen LogP) is 3.77. The van der Waals surface area contributed by atoms with Crippen molar-refractivity contribution in [1.29, 1.82) is 0 Å². The molecule has 1 aliphatic heterocycles. The quantitative estimate of drug-likeness (QED) is 0.224. The number of aliphatic imine (C=N–C) groups is 1. The number of hydrogen-bond acceptors (Lipinski definition) is 6. The first-order valence-electron chi connectivity index (χ1n) is 13.9. The van der Waals surface area contributed by atoms with Gasteiger partial charge in [0.15, 0.2) is 0 Å². The molecule has 14 heteroatoms. The van der Waals surface area contributed by atoms with Crippen LogP contribution in [0, 0.1) is 11.6 Å². The summed E-state index contributed by atoms with van der Waals surface area (Å²) >= 11 is 0. The second-order valence-electron chi connectivity index (χ2n) is 10.6. The molecular formula is C31H31F2N7O4S. The first-order chi connectivity index (χ1) is 21.4. The number of sulfonamides is 1. The van der Waals surface area contributed by atoms with Crippen LogP contribution in [0.4, 0.5) is 14.5 Å². The summed E-state index contributed by atoms with van der Waals surface area (Å²) in [5.41, 5.74) is 7.46. The Hall–Kier alpha value is -4.95. The molecule has 11 nitrogen and oxygen atoms in total. The summed E-state index contributed by atoms with van der Waals surface area (Å²) in [4.78, 5) is 30.2. The van der Waals surface area contributed by atoms with E-state index in [1.54, 1.807) is 6.07 Å². The summed E-state index contributed by atoms with van der Waals surface area (Å²) in [6, 6.07) is 13.9. The molecule has 4 aromatic rings. The zero-order valence-corrected chi connectivity index (χ0v) is 25.4. The number of nitrogens with two attached hydrogens (primary N) is 1. The first kappa shape index (κ1) is 31.5. The van der Waals surface area contributed by atoms with Gasteiger partial charge in [0.2, 0.25) is 10.0 Å². The minimum absolute atomic E-state index is 0.0931. The highest BCUT2D eigenvalue weighted by atomic mass is 32.2. The number of pyridine rings is 1. The Morgan fingerprint density at radius 3 is 2.33 bits per heavy atom. The van der Waals surface area contributed by atoms with Gasteiger partial charge in [-0.15, -0.1) is 0 Å². The molecule has 1 fully saturated rings. The maximum Gasteiger partial charge on any atom is 0.267 e. The predicted molar refractivity (Wildman–Crippen MR) is 170 cm³/mol. The Bertz CT molecular complexity index is 1980. The van der Waals surface area contributed by atoms with E-state index in [1.807, 2.05) is 0 Å². The number of benzene rings is 2. The summed E-state index contributed by atoms with van der Waals surface area (Å²) in [6.07, 6.45) is 3.67. The van der Waals surface area contributed by atoms with Crippen molar-refractivity contribution in [3.05, 3.63) is 106 Å². The number of aromatic nitrogens is 2. The van der Waals surface area contributed by atoms with Crippen LogP contribution < -0.4 is 16.6 Å². The summed E-state index contributed by atoms with van der Waals surface area (Å²) in [5, 5.41) is 6.70. The molecule has 0 saturated carbocycles. The van der Waals surface area contributed by atoms with E-state index in [9.17, 15) is 22.4 Å². The molecule has 234 valence electrons. The number of amides is 1. The van der Waals surface area contributed by atoms with E-state index in [-0.39, 0.29) is 28.6 Å². The third kappa shape index (κ3) is 6.33. The fourth-order valence-corrected chi connectivity index (χ4v) is 6.36. The van der Waals surface area contributed by atoms with E-state index in [0.717, 1.165) is 6.07 Å². The van der Waals surface area contributed by atoms with Crippen LogP contribution in [0.5, 0.6) is 0 Å². The standard InChI is InChI=1S/C31H31F2N7O4S/c1-35-29(34)28-25(18-27(40(28)36-2)19-12-15-38(16-13-19)45(3,43)44)23-11-8-21(17-26(23)33)37-30(41)24-5-4-14-39(31(24)42)22-9-6-20(32)7-10-22/h4-11,14,17-19H,2,12-13,15-16H2,1,3H3,(H2,34,35)(H,37,41). The van der Waals surface area contributed by atoms with Crippen molar-refractivity contribution in [2.45, 2.75) is 18.8 Å². The number of carbonyl (C=O) groups excluding carboxylic acids is 1. The van der Waals surface area contributed by atoms with Gasteiger partial charge in [-0.25, -0.2) is 26.2 Å².